The van der Waals surface area contributed by atoms with Crippen LogP contribution in [0.15, 0.2) is 60.8 Å². The Labute approximate surface area is 184 Å². The van der Waals surface area contributed by atoms with Crippen molar-refractivity contribution in [3.8, 4) is 5.75 Å². The Hall–Kier alpha value is -3.08. The van der Waals surface area contributed by atoms with E-state index < -0.39 is 0 Å². The molecule has 2 aromatic carbocycles. The van der Waals surface area contributed by atoms with Crippen molar-refractivity contribution in [2.45, 2.75) is 58.0 Å². The number of rotatable bonds is 9. The molecule has 5 heteroatoms. The number of fused-ring (bicyclic) bond motifs is 1. The average molecular weight is 418 g/mol. The minimum atomic E-state index is 0.0734. The van der Waals surface area contributed by atoms with Crippen molar-refractivity contribution < 1.29 is 9.53 Å². The van der Waals surface area contributed by atoms with Gasteiger partial charge in [0.2, 0.25) is 5.91 Å². The van der Waals surface area contributed by atoms with Crippen LogP contribution in [-0.4, -0.2) is 22.3 Å². The van der Waals surface area contributed by atoms with E-state index >= 15 is 0 Å². The average Bonchev–Trinajstić information content (AvgIpc) is 3.18. The van der Waals surface area contributed by atoms with Crippen molar-refractivity contribution in [2.75, 3.05) is 6.61 Å². The number of hydrogen-bond acceptors (Lipinski definition) is 3. The minimum Gasteiger partial charge on any atom is -0.494 e. The first-order chi connectivity index (χ1) is 15.2. The molecular weight excluding hydrogens is 386 g/mol. The summed E-state index contributed by atoms with van der Waals surface area (Å²) in [5, 5.41) is 7.86. The number of benzene rings is 2. The minimum absolute atomic E-state index is 0.0734. The first kappa shape index (κ1) is 21.2. The van der Waals surface area contributed by atoms with Crippen molar-refractivity contribution in [3.05, 3.63) is 83.2 Å². The SMILES string of the molecule is Cc1cccc(OCCCCC(=O)NC2CCCc3c2cnn3Cc2ccccc2)c1. The maximum Gasteiger partial charge on any atom is 0.220 e. The summed E-state index contributed by atoms with van der Waals surface area (Å²) in [6.07, 6.45) is 7.23. The molecule has 5 nitrogen and oxygen atoms in total. The molecule has 0 fully saturated rings. The fraction of sp³-hybridized carbons (Fsp3) is 0.385. The highest BCUT2D eigenvalue weighted by atomic mass is 16.5. The van der Waals surface area contributed by atoms with Crippen molar-refractivity contribution in [1.82, 2.24) is 15.1 Å². The molecule has 0 radical (unpaired) electrons. The largest absolute Gasteiger partial charge is 0.494 e. The van der Waals surface area contributed by atoms with Gasteiger partial charge in [-0.25, -0.2) is 0 Å². The van der Waals surface area contributed by atoms with Gasteiger partial charge in [-0.2, -0.15) is 5.10 Å². The molecule has 0 aliphatic heterocycles. The molecule has 1 aliphatic rings. The van der Waals surface area contributed by atoms with Crippen LogP contribution in [0.2, 0.25) is 0 Å². The second kappa shape index (κ2) is 10.3. The number of ether oxygens (including phenoxy) is 1. The van der Waals surface area contributed by atoms with Gasteiger partial charge < -0.3 is 10.1 Å². The Morgan fingerprint density at radius 2 is 2.03 bits per heavy atom. The maximum atomic E-state index is 12.5. The lowest BCUT2D eigenvalue weighted by molar-refractivity contribution is -0.122. The van der Waals surface area contributed by atoms with Gasteiger partial charge in [0.05, 0.1) is 25.4 Å². The molecule has 1 N–H and O–H groups in total. The molecule has 3 aromatic rings. The Kier molecular flexibility index (Phi) is 7.03. The smallest absolute Gasteiger partial charge is 0.220 e. The summed E-state index contributed by atoms with van der Waals surface area (Å²) in [5.41, 5.74) is 4.87. The summed E-state index contributed by atoms with van der Waals surface area (Å²) in [5.74, 6) is 1.01. The van der Waals surface area contributed by atoms with Gasteiger partial charge in [0, 0.05) is 17.7 Å². The summed E-state index contributed by atoms with van der Waals surface area (Å²) in [4.78, 5) is 12.5. The first-order valence-electron chi connectivity index (χ1n) is 11.3. The zero-order chi connectivity index (χ0) is 21.5. The van der Waals surface area contributed by atoms with Crippen LogP contribution in [-0.2, 0) is 17.8 Å². The first-order valence-corrected chi connectivity index (χ1v) is 11.3. The van der Waals surface area contributed by atoms with E-state index in [1.54, 1.807) is 0 Å². The normalized spacial score (nSPS) is 15.3. The second-order valence-electron chi connectivity index (χ2n) is 8.32. The summed E-state index contributed by atoms with van der Waals surface area (Å²) in [7, 11) is 0. The molecule has 1 amide bonds. The number of carbonyl (C=O) groups excluding carboxylic acids is 1. The third-order valence-corrected chi connectivity index (χ3v) is 5.83. The number of unbranched alkanes of at least 4 members (excludes halogenated alkanes) is 1. The lowest BCUT2D eigenvalue weighted by atomic mass is 9.92. The zero-order valence-electron chi connectivity index (χ0n) is 18.2. The van der Waals surface area contributed by atoms with Gasteiger partial charge in [0.15, 0.2) is 0 Å². The van der Waals surface area contributed by atoms with E-state index in [1.165, 1.54) is 22.4 Å². The Morgan fingerprint density at radius 3 is 2.87 bits per heavy atom. The number of amides is 1. The predicted molar refractivity (Wildman–Crippen MR) is 122 cm³/mol. The lowest BCUT2D eigenvalue weighted by Crippen LogP contribution is -2.31. The fourth-order valence-corrected chi connectivity index (χ4v) is 4.21. The van der Waals surface area contributed by atoms with Crippen molar-refractivity contribution in [3.63, 3.8) is 0 Å². The number of nitrogens with zero attached hydrogens (tertiary/aromatic N) is 2. The third-order valence-electron chi connectivity index (χ3n) is 5.83. The van der Waals surface area contributed by atoms with Crippen LogP contribution >= 0.6 is 0 Å². The highest BCUT2D eigenvalue weighted by molar-refractivity contribution is 5.76. The molecule has 1 heterocycles. The van der Waals surface area contributed by atoms with Crippen LogP contribution in [0.4, 0.5) is 0 Å². The quantitative estimate of drug-likeness (QED) is 0.500. The summed E-state index contributed by atoms with van der Waals surface area (Å²) in [6, 6.07) is 18.5. The molecule has 0 saturated heterocycles. The van der Waals surface area contributed by atoms with Crippen LogP contribution in [0, 0.1) is 6.92 Å². The lowest BCUT2D eigenvalue weighted by Gasteiger charge is -2.24. The number of hydrogen-bond donors (Lipinski definition) is 1. The van der Waals surface area contributed by atoms with Gasteiger partial charge in [0.1, 0.15) is 5.75 Å². The van der Waals surface area contributed by atoms with E-state index in [2.05, 4.69) is 52.4 Å². The molecule has 0 saturated carbocycles. The van der Waals surface area contributed by atoms with E-state index in [4.69, 9.17) is 4.74 Å². The fourth-order valence-electron chi connectivity index (χ4n) is 4.21. The molecule has 1 unspecified atom stereocenters. The van der Waals surface area contributed by atoms with Crippen LogP contribution in [0.5, 0.6) is 5.75 Å². The maximum absolute atomic E-state index is 12.5. The van der Waals surface area contributed by atoms with E-state index in [1.807, 2.05) is 30.5 Å². The van der Waals surface area contributed by atoms with Crippen LogP contribution in [0.25, 0.3) is 0 Å². The van der Waals surface area contributed by atoms with Gasteiger partial charge in [-0.15, -0.1) is 0 Å². The number of aryl methyl sites for hydroxylation is 1. The Morgan fingerprint density at radius 1 is 1.16 bits per heavy atom. The van der Waals surface area contributed by atoms with Crippen LogP contribution < -0.4 is 10.1 Å². The standard InChI is InChI=1S/C26H31N3O2/c1-20-9-7-12-22(17-20)31-16-6-5-15-26(30)28-24-13-8-14-25-23(24)18-27-29(25)19-21-10-3-2-4-11-21/h2-4,7,9-12,17-18,24H,5-6,8,13-16,19H2,1H3,(H,28,30). The molecule has 1 aromatic heterocycles. The highest BCUT2D eigenvalue weighted by Crippen LogP contribution is 2.30. The van der Waals surface area contributed by atoms with Gasteiger partial charge in [0.25, 0.3) is 0 Å². The summed E-state index contributed by atoms with van der Waals surface area (Å²) in [6.45, 7) is 3.47. The van der Waals surface area contributed by atoms with Gasteiger partial charge >= 0.3 is 0 Å². The van der Waals surface area contributed by atoms with Crippen LogP contribution in [0.3, 0.4) is 0 Å². The van der Waals surface area contributed by atoms with Crippen LogP contribution in [0.1, 0.15) is 60.5 Å². The van der Waals surface area contributed by atoms with Crippen molar-refractivity contribution >= 4 is 5.91 Å². The number of carbonyl (C=O) groups is 1. The van der Waals surface area contributed by atoms with Gasteiger partial charge in [-0.1, -0.05) is 42.5 Å². The molecular formula is C26H31N3O2. The Balaban J connectivity index is 1.24. The molecule has 0 spiro atoms. The number of aromatic nitrogens is 2. The monoisotopic (exact) mass is 417 g/mol. The molecule has 1 atom stereocenters. The summed E-state index contributed by atoms with van der Waals surface area (Å²) < 4.78 is 7.86. The Bertz CT molecular complexity index is 997. The molecule has 0 bridgehead atoms. The van der Waals surface area contributed by atoms with E-state index in [0.29, 0.717) is 13.0 Å². The highest BCUT2D eigenvalue weighted by Gasteiger charge is 2.25. The zero-order valence-corrected chi connectivity index (χ0v) is 18.2. The number of nitrogens with one attached hydrogen (secondary N) is 1. The van der Waals surface area contributed by atoms with E-state index in [-0.39, 0.29) is 11.9 Å². The van der Waals surface area contributed by atoms with Crippen molar-refractivity contribution in [2.24, 2.45) is 0 Å². The second-order valence-corrected chi connectivity index (χ2v) is 8.32. The molecule has 4 rings (SSSR count). The molecule has 31 heavy (non-hydrogen) atoms. The predicted octanol–water partition coefficient (Wildman–Crippen LogP) is 4.98. The third kappa shape index (κ3) is 5.75. The van der Waals surface area contributed by atoms with Gasteiger partial charge in [-0.05, 0) is 62.3 Å². The molecule has 1 aliphatic carbocycles. The molecule has 162 valence electrons. The topological polar surface area (TPSA) is 56.1 Å². The van der Waals surface area contributed by atoms with E-state index in [9.17, 15) is 4.79 Å². The van der Waals surface area contributed by atoms with Gasteiger partial charge in [-0.3, -0.25) is 9.48 Å². The van der Waals surface area contributed by atoms with Crippen molar-refractivity contribution in [1.29, 1.82) is 0 Å². The summed E-state index contributed by atoms with van der Waals surface area (Å²) >= 11 is 0. The van der Waals surface area contributed by atoms with E-state index in [0.717, 1.165) is 44.4 Å².